The van der Waals surface area contributed by atoms with E-state index < -0.39 is 35.6 Å². The number of ketones is 12. The highest BCUT2D eigenvalue weighted by Gasteiger charge is 2.34. The molecule has 8 aromatic rings. The van der Waals surface area contributed by atoms with E-state index in [1.54, 1.807) is 159 Å². The summed E-state index contributed by atoms with van der Waals surface area (Å²) in [6.45, 7) is 8.14. The lowest BCUT2D eigenvalue weighted by atomic mass is 9.84. The number of carbonyl (C=O) groups excluding carboxylic acids is 13. The lowest BCUT2D eigenvalue weighted by Gasteiger charge is -2.18. The zero-order valence-electron chi connectivity index (χ0n) is 77.1. The number of carboxylic acids is 2. The molecule has 1 amide bonds. The highest BCUT2D eigenvalue weighted by Crippen LogP contribution is 2.33. The van der Waals surface area contributed by atoms with Crippen LogP contribution >= 0.6 is 0 Å². The maximum Gasteiger partial charge on any atom is 0.307 e. The first kappa shape index (κ1) is 104. The number of carboxylic acid groups (broad SMARTS) is 2. The van der Waals surface area contributed by atoms with Gasteiger partial charge in [-0.2, -0.15) is 0 Å². The van der Waals surface area contributed by atoms with Crippen LogP contribution in [0.3, 0.4) is 0 Å². The van der Waals surface area contributed by atoms with Crippen molar-refractivity contribution >= 4 is 87.2 Å². The fourth-order valence-corrected chi connectivity index (χ4v) is 15.2. The number of terminal acetylenes is 1. The van der Waals surface area contributed by atoms with Gasteiger partial charge in [-0.15, -0.1) is 59.7 Å². The van der Waals surface area contributed by atoms with E-state index >= 15 is 0 Å². The first-order valence-corrected chi connectivity index (χ1v) is 45.5. The molecule has 8 aromatic carbocycles. The summed E-state index contributed by atoms with van der Waals surface area (Å²) in [5.41, 5.74) is 11.7. The summed E-state index contributed by atoms with van der Waals surface area (Å²) in [7, 11) is 0. The summed E-state index contributed by atoms with van der Waals surface area (Å²) in [6, 6.07) is 58.3. The summed E-state index contributed by atoms with van der Waals surface area (Å²) >= 11 is 0. The zero-order chi connectivity index (χ0) is 98.5. The number of amides is 1. The number of fused-ring (bicyclic) bond motifs is 6. The van der Waals surface area contributed by atoms with Gasteiger partial charge in [-0.05, 0) is 138 Å². The molecule has 0 saturated heterocycles. The SMILES string of the molecule is C#CCC(CC1=CC(=O)c2ccccc2C1=O)C(=O)NN.CC#CCC(CC1=CC(=O)c2ccccc2C1=O)C(=O)O.CC#CC[C@@H](CC1=CC(=O)c2ccccc2C1=O)C(=O)O.CCCCC#CCCCC1=CC(=O)c2ccccc2C1=O.CCCCCCCC#CCCC1=CC(=O)c2ccccc2C1=O.O=C1C=C(CCC#Cc2ccc(OCc3ccccc3)cc2)C(=O)c2ccccc21. The van der Waals surface area contributed by atoms with E-state index in [1.807, 2.05) is 60.0 Å². The summed E-state index contributed by atoms with van der Waals surface area (Å²) in [5, 5.41) is 18.4. The number of Topliss-reactive ketones (excluding diaryl/α,β-unsaturated/α-hetero) is 6. The summed E-state index contributed by atoms with van der Waals surface area (Å²) in [6.07, 6.45) is 28.9. The lowest BCUT2D eigenvalue weighted by molar-refractivity contribution is -0.142. The number of carbonyl (C=O) groups is 15. The molecule has 692 valence electrons. The number of hydrazine groups is 1. The number of hydrogen-bond donors (Lipinski definition) is 4. The van der Waals surface area contributed by atoms with Gasteiger partial charge < -0.3 is 14.9 Å². The molecule has 0 spiro atoms. The number of nitrogens with one attached hydrogen (secondary N) is 1. The number of aliphatic carboxylic acids is 2. The molecular weight excluding hydrogens is 1720 g/mol. The van der Waals surface area contributed by atoms with E-state index in [1.165, 1.54) is 62.1 Å². The van der Waals surface area contributed by atoms with Gasteiger partial charge in [0.25, 0.3) is 0 Å². The zero-order valence-corrected chi connectivity index (χ0v) is 77.1. The van der Waals surface area contributed by atoms with Gasteiger partial charge in [-0.25, -0.2) is 5.84 Å². The van der Waals surface area contributed by atoms with Crippen molar-refractivity contribution in [1.82, 2.24) is 5.43 Å². The minimum atomic E-state index is -1.02. The second-order valence-electron chi connectivity index (χ2n) is 32.4. The second kappa shape index (κ2) is 54.7. The maximum atomic E-state index is 12.5. The quantitative estimate of drug-likeness (QED) is 0.0111. The van der Waals surface area contributed by atoms with E-state index in [0.717, 1.165) is 61.8 Å². The van der Waals surface area contributed by atoms with Gasteiger partial charge in [0.1, 0.15) is 12.4 Å². The van der Waals surface area contributed by atoms with E-state index in [0.29, 0.717) is 122 Å². The van der Waals surface area contributed by atoms with Gasteiger partial charge in [0.2, 0.25) is 5.91 Å². The minimum Gasteiger partial charge on any atom is -0.489 e. The second-order valence-corrected chi connectivity index (χ2v) is 32.4. The normalized spacial score (nSPS) is 13.7. The van der Waals surface area contributed by atoms with Crippen molar-refractivity contribution in [3.8, 4) is 77.3 Å². The number of hydrogen-bond acceptors (Lipinski definition) is 17. The Balaban J connectivity index is 0.000000185. The number of rotatable bonds is 29. The molecule has 0 saturated carbocycles. The Bertz CT molecular complexity index is 6430. The Morgan fingerprint density at radius 2 is 0.642 bits per heavy atom. The smallest absolute Gasteiger partial charge is 0.307 e. The Morgan fingerprint density at radius 3 is 0.993 bits per heavy atom. The molecular formula is C117H106N2O18. The van der Waals surface area contributed by atoms with Crippen molar-refractivity contribution in [3.05, 3.63) is 348 Å². The highest BCUT2D eigenvalue weighted by molar-refractivity contribution is 6.29. The van der Waals surface area contributed by atoms with E-state index in [2.05, 4.69) is 79.0 Å². The first-order chi connectivity index (χ1) is 66.3. The van der Waals surface area contributed by atoms with Crippen LogP contribution in [-0.2, 0) is 21.0 Å². The largest absolute Gasteiger partial charge is 0.489 e. The van der Waals surface area contributed by atoms with Gasteiger partial charge in [0.05, 0.1) is 17.8 Å². The predicted molar refractivity (Wildman–Crippen MR) is 525 cm³/mol. The number of unbranched alkanes of at least 4 members (excludes halogenated alkanes) is 8. The molecule has 137 heavy (non-hydrogen) atoms. The molecule has 2 unspecified atom stereocenters. The van der Waals surface area contributed by atoms with Crippen LogP contribution in [0.1, 0.15) is 304 Å². The van der Waals surface area contributed by atoms with Gasteiger partial charge in [-0.1, -0.05) is 234 Å². The van der Waals surface area contributed by atoms with Crippen LogP contribution in [0.5, 0.6) is 5.75 Å². The third kappa shape index (κ3) is 30.7. The van der Waals surface area contributed by atoms with Crippen LogP contribution < -0.4 is 16.0 Å². The summed E-state index contributed by atoms with van der Waals surface area (Å²) < 4.78 is 5.78. The number of nitrogens with two attached hydrogens (primary N) is 1. The molecule has 0 radical (unpaired) electrons. The van der Waals surface area contributed by atoms with Crippen LogP contribution in [0, 0.1) is 89.3 Å². The number of allylic oxidation sites excluding steroid dienone is 12. The number of benzene rings is 8. The molecule has 0 fully saturated rings. The molecule has 5 N–H and O–H groups in total. The van der Waals surface area contributed by atoms with Gasteiger partial charge >= 0.3 is 11.9 Å². The van der Waals surface area contributed by atoms with Crippen LogP contribution in [-0.4, -0.2) is 97.5 Å². The molecule has 0 bridgehead atoms. The summed E-state index contributed by atoms with van der Waals surface area (Å²) in [4.78, 5) is 181. The van der Waals surface area contributed by atoms with Crippen molar-refractivity contribution in [2.75, 3.05) is 0 Å². The molecule has 6 aliphatic carbocycles. The maximum absolute atomic E-state index is 12.5. The molecule has 0 heterocycles. The standard InChI is InChI=1S/C27H20O3.C21H24O2.C19H20O2.2C17H14O4.C16H14N2O3/c28-26-18-22(27(29)25-13-7-6-12-24(25)26)11-5-4-8-20-14-16-23(17-15-20)30-19-21-9-2-1-3-10-21;1-2-3-4-5-6-7-8-9-10-13-17-16-20(22)18-14-11-12-15-19(18)21(17)23;1-2-3-4-5-6-7-8-11-15-14-18(20)16-12-9-10-13-17(16)19(15)21;2*1-2-3-6-11(17(20)21)9-12-10-15(18)13-7-4-5-8-14(13)16(12)19;1-2-5-10(16(21)18-17)8-11-9-14(19)12-6-3-4-7-13(12)15(11)20/h1-3,6-7,9-10,12-18H,5,11,19H2;11-12,14-16H,2-7,10,13H2,1H3;9-10,12-14H,2-4,7-8,11H2,1H3;2*4-5,7-8,10-11H,6,9H2,1H3,(H,20,21);1,3-4,6-7,9-10H,5,8,17H2,(H,18,21)/t;;;11-;;/m...0../s1. The Labute approximate surface area is 799 Å². The average molecular weight is 1830 g/mol. The topological polar surface area (TPSA) is 344 Å². The molecule has 0 aliphatic heterocycles. The van der Waals surface area contributed by atoms with Crippen LogP contribution in [0.25, 0.3) is 0 Å². The van der Waals surface area contributed by atoms with Crippen LogP contribution in [0.4, 0.5) is 0 Å². The predicted octanol–water partition coefficient (Wildman–Crippen LogP) is 20.9. The Morgan fingerprint density at radius 1 is 0.336 bits per heavy atom. The fourth-order valence-electron chi connectivity index (χ4n) is 15.2. The average Bonchev–Trinajstić information content (AvgIpc) is 0.808. The third-order valence-electron chi connectivity index (χ3n) is 22.7. The van der Waals surface area contributed by atoms with Crippen molar-refractivity contribution in [3.63, 3.8) is 0 Å². The van der Waals surface area contributed by atoms with Gasteiger partial charge in [0, 0.05) is 157 Å². The molecule has 0 aromatic heterocycles. The van der Waals surface area contributed by atoms with Crippen molar-refractivity contribution < 1.29 is 86.9 Å². The first-order valence-electron chi connectivity index (χ1n) is 45.5. The third-order valence-corrected chi connectivity index (χ3v) is 22.7. The van der Waals surface area contributed by atoms with Crippen LogP contribution in [0.2, 0.25) is 0 Å². The summed E-state index contributed by atoms with van der Waals surface area (Å²) in [5.74, 6) is 31.1. The molecule has 6 aliphatic rings. The lowest BCUT2D eigenvalue weighted by Crippen LogP contribution is -2.36. The van der Waals surface area contributed by atoms with Crippen molar-refractivity contribution in [2.45, 2.75) is 176 Å². The monoisotopic (exact) mass is 1830 g/mol. The van der Waals surface area contributed by atoms with E-state index in [9.17, 15) is 82.1 Å². The molecule has 20 nitrogen and oxygen atoms in total. The van der Waals surface area contributed by atoms with E-state index in [-0.39, 0.29) is 125 Å². The Hall–Kier alpha value is -16.2. The fraction of sp³-hybridized carbons (Fsp3) is 0.256. The van der Waals surface area contributed by atoms with Crippen molar-refractivity contribution in [2.24, 2.45) is 23.6 Å². The highest BCUT2D eigenvalue weighted by atomic mass is 16.5. The molecule has 3 atom stereocenters. The minimum absolute atomic E-state index is 0.0101. The van der Waals surface area contributed by atoms with Gasteiger partial charge in [0.15, 0.2) is 69.4 Å². The van der Waals surface area contributed by atoms with Crippen molar-refractivity contribution in [1.29, 1.82) is 0 Å². The van der Waals surface area contributed by atoms with Gasteiger partial charge in [-0.3, -0.25) is 77.3 Å². The molecule has 14 rings (SSSR count). The van der Waals surface area contributed by atoms with Crippen LogP contribution in [0.15, 0.2) is 270 Å². The molecule has 20 heteroatoms. The van der Waals surface area contributed by atoms with E-state index in [4.69, 9.17) is 17.0 Å². The Kier molecular flexibility index (Phi) is 41.7. The number of ether oxygens (including phenoxy) is 1.